The first-order valence-corrected chi connectivity index (χ1v) is 7.62. The number of halogens is 1. The van der Waals surface area contributed by atoms with Crippen LogP contribution in [0.1, 0.15) is 32.6 Å². The number of rotatable bonds is 3. The Labute approximate surface area is 129 Å². The molecule has 0 bridgehead atoms. The second-order valence-corrected chi connectivity index (χ2v) is 6.43. The summed E-state index contributed by atoms with van der Waals surface area (Å²) in [4.78, 5) is 8.76. The Bertz CT molecular complexity index is 620. The monoisotopic (exact) mass is 306 g/mol. The summed E-state index contributed by atoms with van der Waals surface area (Å²) in [5.41, 5.74) is 0.395. The molecule has 1 aliphatic heterocycles. The molecule has 3 rings (SSSR count). The molecule has 0 amide bonds. The maximum Gasteiger partial charge on any atom is 0.232 e. The van der Waals surface area contributed by atoms with E-state index in [1.54, 1.807) is 18.3 Å². The predicted molar refractivity (Wildman–Crippen MR) is 81.2 cm³/mol. The zero-order valence-electron chi connectivity index (χ0n) is 12.3. The molecule has 0 aliphatic carbocycles. The van der Waals surface area contributed by atoms with Gasteiger partial charge in [0.2, 0.25) is 11.7 Å². The van der Waals surface area contributed by atoms with E-state index in [1.807, 2.05) is 0 Å². The summed E-state index contributed by atoms with van der Waals surface area (Å²) in [6.45, 7) is 6.38. The molecule has 21 heavy (non-hydrogen) atoms. The second-order valence-electron chi connectivity index (χ2n) is 6.02. The Morgan fingerprint density at radius 2 is 2.29 bits per heavy atom. The van der Waals surface area contributed by atoms with Crippen LogP contribution in [0.2, 0.25) is 5.02 Å². The quantitative estimate of drug-likeness (QED) is 0.944. The SMILES string of the molecule is CC(C)(c1nc(-c2ncccc2Cl)no1)C1CCCNC1. The summed E-state index contributed by atoms with van der Waals surface area (Å²) < 4.78 is 5.50. The molecule has 1 saturated heterocycles. The summed E-state index contributed by atoms with van der Waals surface area (Å²) in [5.74, 6) is 1.58. The third-order valence-corrected chi connectivity index (χ3v) is 4.57. The molecule has 0 aromatic carbocycles. The average molecular weight is 307 g/mol. The Balaban J connectivity index is 1.89. The molecule has 2 aromatic heterocycles. The topological polar surface area (TPSA) is 63.8 Å². The van der Waals surface area contributed by atoms with Gasteiger partial charge in [0.05, 0.1) is 5.02 Å². The fraction of sp³-hybridized carbons (Fsp3) is 0.533. The first kappa shape index (κ1) is 14.5. The molecule has 112 valence electrons. The van der Waals surface area contributed by atoms with Crippen LogP contribution >= 0.6 is 11.6 Å². The third kappa shape index (κ3) is 2.80. The van der Waals surface area contributed by atoms with E-state index in [-0.39, 0.29) is 5.41 Å². The van der Waals surface area contributed by atoms with Gasteiger partial charge in [-0.05, 0) is 44.0 Å². The summed E-state index contributed by atoms with van der Waals surface area (Å²) in [7, 11) is 0. The number of nitrogens with zero attached hydrogens (tertiary/aromatic N) is 3. The Morgan fingerprint density at radius 3 is 3.00 bits per heavy atom. The summed E-state index contributed by atoms with van der Waals surface area (Å²) in [6, 6.07) is 3.56. The number of hydrogen-bond donors (Lipinski definition) is 1. The van der Waals surface area contributed by atoms with Crippen molar-refractivity contribution in [3.63, 3.8) is 0 Å². The zero-order chi connectivity index (χ0) is 14.9. The van der Waals surface area contributed by atoms with Gasteiger partial charge in [-0.25, -0.2) is 0 Å². The molecule has 1 N–H and O–H groups in total. The van der Waals surface area contributed by atoms with E-state index in [0.29, 0.717) is 28.3 Å². The number of nitrogens with one attached hydrogen (secondary N) is 1. The number of pyridine rings is 1. The average Bonchev–Trinajstić information content (AvgIpc) is 2.99. The highest BCUT2D eigenvalue weighted by Gasteiger charge is 2.37. The van der Waals surface area contributed by atoms with E-state index >= 15 is 0 Å². The highest BCUT2D eigenvalue weighted by molar-refractivity contribution is 6.32. The van der Waals surface area contributed by atoms with E-state index in [4.69, 9.17) is 16.1 Å². The van der Waals surface area contributed by atoms with Crippen LogP contribution in [0.4, 0.5) is 0 Å². The maximum absolute atomic E-state index is 6.14. The molecular formula is C15H19ClN4O. The largest absolute Gasteiger partial charge is 0.338 e. The van der Waals surface area contributed by atoms with Gasteiger partial charge in [0.15, 0.2) is 0 Å². The minimum Gasteiger partial charge on any atom is -0.338 e. The van der Waals surface area contributed by atoms with Crippen molar-refractivity contribution in [2.75, 3.05) is 13.1 Å². The zero-order valence-corrected chi connectivity index (χ0v) is 13.0. The predicted octanol–water partition coefficient (Wildman–Crippen LogP) is 3.06. The van der Waals surface area contributed by atoms with Crippen LogP contribution < -0.4 is 5.32 Å². The van der Waals surface area contributed by atoms with Gasteiger partial charge in [0.1, 0.15) is 5.69 Å². The van der Waals surface area contributed by atoms with Crippen LogP contribution in [0.3, 0.4) is 0 Å². The normalized spacial score (nSPS) is 19.7. The van der Waals surface area contributed by atoms with Crippen molar-refractivity contribution in [1.29, 1.82) is 0 Å². The van der Waals surface area contributed by atoms with Gasteiger partial charge >= 0.3 is 0 Å². The van der Waals surface area contributed by atoms with Gasteiger partial charge in [-0.2, -0.15) is 4.98 Å². The van der Waals surface area contributed by atoms with Crippen molar-refractivity contribution in [3.8, 4) is 11.5 Å². The first-order valence-electron chi connectivity index (χ1n) is 7.25. The lowest BCUT2D eigenvalue weighted by molar-refractivity contribution is 0.196. The van der Waals surface area contributed by atoms with Crippen LogP contribution in [0.25, 0.3) is 11.5 Å². The van der Waals surface area contributed by atoms with E-state index in [2.05, 4.69) is 34.3 Å². The van der Waals surface area contributed by atoms with Crippen LogP contribution in [-0.4, -0.2) is 28.2 Å². The van der Waals surface area contributed by atoms with Crippen LogP contribution in [0, 0.1) is 5.92 Å². The van der Waals surface area contributed by atoms with Crippen molar-refractivity contribution in [2.24, 2.45) is 5.92 Å². The van der Waals surface area contributed by atoms with Crippen molar-refractivity contribution >= 4 is 11.6 Å². The van der Waals surface area contributed by atoms with E-state index < -0.39 is 0 Å². The van der Waals surface area contributed by atoms with E-state index in [0.717, 1.165) is 13.1 Å². The minimum absolute atomic E-state index is 0.167. The van der Waals surface area contributed by atoms with Gasteiger partial charge < -0.3 is 9.84 Å². The minimum atomic E-state index is -0.167. The molecule has 0 saturated carbocycles. The highest BCUT2D eigenvalue weighted by atomic mass is 35.5. The Hall–Kier alpha value is -1.46. The summed E-state index contributed by atoms with van der Waals surface area (Å²) in [5, 5.41) is 8.02. The smallest absolute Gasteiger partial charge is 0.232 e. The number of aromatic nitrogens is 3. The molecule has 2 aromatic rings. The molecule has 3 heterocycles. The van der Waals surface area contributed by atoms with Gasteiger partial charge in [-0.15, -0.1) is 0 Å². The lowest BCUT2D eigenvalue weighted by atomic mass is 9.75. The molecule has 1 fully saturated rings. The molecule has 1 aliphatic rings. The molecule has 1 unspecified atom stereocenters. The summed E-state index contributed by atoms with van der Waals surface area (Å²) >= 11 is 6.14. The molecule has 5 nitrogen and oxygen atoms in total. The maximum atomic E-state index is 6.14. The molecule has 0 spiro atoms. The molecule has 6 heteroatoms. The fourth-order valence-corrected chi connectivity index (χ4v) is 2.98. The third-order valence-electron chi connectivity index (χ3n) is 4.27. The van der Waals surface area contributed by atoms with Gasteiger partial charge in [0.25, 0.3) is 0 Å². The lowest BCUT2D eigenvalue weighted by Crippen LogP contribution is -2.40. The van der Waals surface area contributed by atoms with Crippen LogP contribution in [-0.2, 0) is 5.41 Å². The van der Waals surface area contributed by atoms with Gasteiger partial charge in [-0.1, -0.05) is 30.6 Å². The van der Waals surface area contributed by atoms with Crippen molar-refractivity contribution < 1.29 is 4.52 Å². The van der Waals surface area contributed by atoms with Gasteiger partial charge in [0, 0.05) is 11.6 Å². The number of hydrogen-bond acceptors (Lipinski definition) is 5. The van der Waals surface area contributed by atoms with E-state index in [9.17, 15) is 0 Å². The van der Waals surface area contributed by atoms with Crippen molar-refractivity contribution in [3.05, 3.63) is 29.2 Å². The first-order chi connectivity index (χ1) is 10.1. The van der Waals surface area contributed by atoms with Crippen molar-refractivity contribution in [2.45, 2.75) is 32.1 Å². The second kappa shape index (κ2) is 5.73. The van der Waals surface area contributed by atoms with Crippen LogP contribution in [0.5, 0.6) is 0 Å². The van der Waals surface area contributed by atoms with Gasteiger partial charge in [-0.3, -0.25) is 4.98 Å². The fourth-order valence-electron chi connectivity index (χ4n) is 2.77. The van der Waals surface area contributed by atoms with Crippen LogP contribution in [0.15, 0.2) is 22.9 Å². The standard InChI is InChI=1S/C15H19ClN4O/c1-15(2,10-5-3-7-17-9-10)14-19-13(20-21-14)12-11(16)6-4-8-18-12/h4,6,8,10,17H,3,5,7,9H2,1-2H3. The Morgan fingerprint density at radius 1 is 1.43 bits per heavy atom. The lowest BCUT2D eigenvalue weighted by Gasteiger charge is -2.34. The van der Waals surface area contributed by atoms with Crippen molar-refractivity contribution in [1.82, 2.24) is 20.4 Å². The highest BCUT2D eigenvalue weighted by Crippen LogP contribution is 2.35. The summed E-state index contributed by atoms with van der Waals surface area (Å²) in [6.07, 6.45) is 4.02. The molecule has 1 atom stereocenters. The Kier molecular flexibility index (Phi) is 3.95. The molecular weight excluding hydrogens is 288 g/mol. The van der Waals surface area contributed by atoms with E-state index in [1.165, 1.54) is 12.8 Å². The number of piperidine rings is 1. The molecule has 0 radical (unpaired) electrons.